The predicted molar refractivity (Wildman–Crippen MR) is 122 cm³/mol. The number of carbonyl (C=O) groups is 3. The van der Waals surface area contributed by atoms with Crippen LogP contribution < -0.4 is 5.32 Å². The van der Waals surface area contributed by atoms with Crippen LogP contribution in [0.2, 0.25) is 0 Å². The number of carbonyl (C=O) groups excluding carboxylic acids is 2. The number of benzene rings is 2. The van der Waals surface area contributed by atoms with Gasteiger partial charge in [0.2, 0.25) is 5.91 Å². The van der Waals surface area contributed by atoms with Gasteiger partial charge in [-0.1, -0.05) is 48.5 Å². The van der Waals surface area contributed by atoms with Gasteiger partial charge < -0.3 is 20.1 Å². The lowest BCUT2D eigenvalue weighted by Gasteiger charge is -2.39. The number of nitrogens with one attached hydrogen (secondary N) is 1. The summed E-state index contributed by atoms with van der Waals surface area (Å²) in [4.78, 5) is 39.1. The Morgan fingerprint density at radius 3 is 2.21 bits per heavy atom. The van der Waals surface area contributed by atoms with Crippen LogP contribution in [0.4, 0.5) is 4.79 Å². The van der Waals surface area contributed by atoms with E-state index in [2.05, 4.69) is 29.6 Å². The van der Waals surface area contributed by atoms with Crippen molar-refractivity contribution in [2.24, 2.45) is 5.41 Å². The molecule has 1 atom stereocenters. The molecule has 1 saturated carbocycles. The van der Waals surface area contributed by atoms with Crippen LogP contribution in [-0.2, 0) is 14.3 Å². The van der Waals surface area contributed by atoms with Gasteiger partial charge in [-0.25, -0.2) is 4.79 Å². The Hall–Kier alpha value is -3.35. The van der Waals surface area contributed by atoms with Crippen molar-refractivity contribution in [1.29, 1.82) is 0 Å². The number of likely N-dealkylation sites (tertiary alicyclic amines) is 1. The number of alkyl carbamates (subject to hydrolysis) is 1. The molecule has 0 aromatic heterocycles. The number of aliphatic carboxylic acids is 1. The maximum atomic E-state index is 13.2. The summed E-state index contributed by atoms with van der Waals surface area (Å²) in [5.74, 6) is -1.15. The highest BCUT2D eigenvalue weighted by Gasteiger charge is 2.55. The molecule has 1 unspecified atom stereocenters. The van der Waals surface area contributed by atoms with E-state index < -0.39 is 23.0 Å². The van der Waals surface area contributed by atoms with E-state index in [4.69, 9.17) is 4.74 Å². The third kappa shape index (κ3) is 3.75. The largest absolute Gasteiger partial charge is 0.481 e. The van der Waals surface area contributed by atoms with Gasteiger partial charge in [-0.15, -0.1) is 0 Å². The molecule has 5 rings (SSSR count). The van der Waals surface area contributed by atoms with E-state index in [0.29, 0.717) is 32.2 Å². The van der Waals surface area contributed by atoms with E-state index in [1.54, 1.807) is 11.8 Å². The van der Waals surface area contributed by atoms with E-state index in [9.17, 15) is 19.5 Å². The van der Waals surface area contributed by atoms with Gasteiger partial charge in [0.15, 0.2) is 0 Å². The number of fused-ring (bicyclic) bond motifs is 3. The summed E-state index contributed by atoms with van der Waals surface area (Å²) in [6, 6.07) is 16.3. The maximum absolute atomic E-state index is 13.2. The summed E-state index contributed by atoms with van der Waals surface area (Å²) in [5, 5.41) is 12.3. The molecule has 2 aromatic rings. The second kappa shape index (κ2) is 7.90. The van der Waals surface area contributed by atoms with Crippen LogP contribution in [0.3, 0.4) is 0 Å². The van der Waals surface area contributed by atoms with Crippen LogP contribution in [0.1, 0.15) is 49.7 Å². The molecule has 0 spiro atoms. The van der Waals surface area contributed by atoms with Gasteiger partial charge in [-0.2, -0.15) is 0 Å². The van der Waals surface area contributed by atoms with Crippen molar-refractivity contribution < 1.29 is 24.2 Å². The van der Waals surface area contributed by atoms with Crippen LogP contribution in [0.15, 0.2) is 48.5 Å². The average molecular weight is 449 g/mol. The number of carboxylic acids is 1. The molecule has 3 aliphatic rings. The van der Waals surface area contributed by atoms with Gasteiger partial charge in [0.05, 0.1) is 5.41 Å². The molecular weight excluding hydrogens is 420 g/mol. The average Bonchev–Trinajstić information content (AvgIpc) is 3.52. The summed E-state index contributed by atoms with van der Waals surface area (Å²) in [6.07, 6.45) is 1.64. The van der Waals surface area contributed by atoms with Crippen molar-refractivity contribution >= 4 is 18.0 Å². The minimum absolute atomic E-state index is 0.0487. The van der Waals surface area contributed by atoms with Crippen molar-refractivity contribution in [2.45, 2.75) is 44.1 Å². The lowest BCUT2D eigenvalue weighted by atomic mass is 9.82. The zero-order valence-corrected chi connectivity index (χ0v) is 18.7. The molecule has 33 heavy (non-hydrogen) atoms. The Bertz CT molecular complexity index is 1080. The Morgan fingerprint density at radius 1 is 1.03 bits per heavy atom. The maximum Gasteiger partial charge on any atom is 0.408 e. The van der Waals surface area contributed by atoms with E-state index in [-0.39, 0.29) is 25.0 Å². The minimum atomic E-state index is -0.973. The highest BCUT2D eigenvalue weighted by atomic mass is 16.5. The molecule has 1 saturated heterocycles. The topological polar surface area (TPSA) is 95.9 Å². The number of ether oxygens (including phenoxy) is 1. The van der Waals surface area contributed by atoms with Crippen LogP contribution in [0, 0.1) is 5.41 Å². The molecule has 2 amide bonds. The van der Waals surface area contributed by atoms with Gasteiger partial charge >= 0.3 is 12.1 Å². The van der Waals surface area contributed by atoms with Crippen LogP contribution in [0.5, 0.6) is 0 Å². The molecule has 2 aromatic carbocycles. The second-order valence-corrected chi connectivity index (χ2v) is 9.73. The number of carboxylic acid groups (broad SMARTS) is 1. The number of amides is 2. The Kier molecular flexibility index (Phi) is 5.15. The molecular formula is C26H28N2O5. The molecule has 2 N–H and O–H groups in total. The van der Waals surface area contributed by atoms with Crippen molar-refractivity contribution in [3.63, 3.8) is 0 Å². The molecule has 1 heterocycles. The normalized spacial score (nSPS) is 22.8. The van der Waals surface area contributed by atoms with Crippen LogP contribution >= 0.6 is 0 Å². The summed E-state index contributed by atoms with van der Waals surface area (Å²) in [5.41, 5.74) is 2.65. The lowest BCUT2D eigenvalue weighted by Crippen LogP contribution is -2.56. The molecule has 2 aliphatic carbocycles. The van der Waals surface area contributed by atoms with Crippen molar-refractivity contribution in [1.82, 2.24) is 10.2 Å². The Morgan fingerprint density at radius 2 is 1.64 bits per heavy atom. The molecule has 0 radical (unpaired) electrons. The molecule has 7 nitrogen and oxygen atoms in total. The number of hydrogen-bond donors (Lipinski definition) is 2. The van der Waals surface area contributed by atoms with E-state index in [1.807, 2.05) is 24.3 Å². The third-order valence-electron chi connectivity index (χ3n) is 7.34. The van der Waals surface area contributed by atoms with E-state index in [0.717, 1.165) is 22.3 Å². The first kappa shape index (κ1) is 21.5. The fraction of sp³-hybridized carbons (Fsp3) is 0.423. The monoisotopic (exact) mass is 448 g/mol. The fourth-order valence-corrected chi connectivity index (χ4v) is 5.24. The molecule has 2 fully saturated rings. The minimum Gasteiger partial charge on any atom is -0.481 e. The summed E-state index contributed by atoms with van der Waals surface area (Å²) in [6.45, 7) is 2.53. The predicted octanol–water partition coefficient (Wildman–Crippen LogP) is 3.77. The van der Waals surface area contributed by atoms with Gasteiger partial charge in [0, 0.05) is 19.0 Å². The molecule has 0 bridgehead atoms. The highest BCUT2D eigenvalue weighted by Crippen LogP contribution is 2.45. The van der Waals surface area contributed by atoms with Crippen LogP contribution in [0.25, 0.3) is 11.1 Å². The van der Waals surface area contributed by atoms with Gasteiger partial charge in [0.1, 0.15) is 12.1 Å². The van der Waals surface area contributed by atoms with Crippen molar-refractivity contribution in [3.8, 4) is 11.1 Å². The number of hydrogen-bond acceptors (Lipinski definition) is 4. The van der Waals surface area contributed by atoms with Gasteiger partial charge in [-0.05, 0) is 54.9 Å². The Labute approximate surface area is 192 Å². The molecule has 1 aliphatic heterocycles. The van der Waals surface area contributed by atoms with Crippen molar-refractivity contribution in [3.05, 3.63) is 59.7 Å². The van der Waals surface area contributed by atoms with Crippen LogP contribution in [-0.4, -0.2) is 53.2 Å². The summed E-state index contributed by atoms with van der Waals surface area (Å²) in [7, 11) is 0. The first-order valence-electron chi connectivity index (χ1n) is 11.5. The Balaban J connectivity index is 1.24. The first-order valence-corrected chi connectivity index (χ1v) is 11.5. The smallest absolute Gasteiger partial charge is 0.408 e. The van der Waals surface area contributed by atoms with E-state index in [1.165, 1.54) is 0 Å². The zero-order chi connectivity index (χ0) is 23.2. The standard InChI is InChI=1S/C26H28N2O5/c1-25(23(30)31)11-6-14-28(16-25)22(29)26(12-13-26)27-24(32)33-15-21-19-9-4-2-7-17(19)18-8-3-5-10-20(18)21/h2-5,7-10,21H,6,11-16H2,1H3,(H,27,32)(H,30,31). The summed E-state index contributed by atoms with van der Waals surface area (Å²) >= 11 is 0. The lowest BCUT2D eigenvalue weighted by molar-refractivity contribution is -0.154. The van der Waals surface area contributed by atoms with Crippen molar-refractivity contribution in [2.75, 3.05) is 19.7 Å². The van der Waals surface area contributed by atoms with Gasteiger partial charge in [-0.3, -0.25) is 9.59 Å². The zero-order valence-electron chi connectivity index (χ0n) is 18.7. The number of piperidine rings is 1. The SMILES string of the molecule is CC1(C(=O)O)CCCN(C(=O)C2(NC(=O)OCC3c4ccccc4-c4ccccc43)CC2)C1. The molecule has 172 valence electrons. The first-order chi connectivity index (χ1) is 15.8. The quantitative estimate of drug-likeness (QED) is 0.726. The summed E-state index contributed by atoms with van der Waals surface area (Å²) < 4.78 is 5.62. The number of nitrogens with zero attached hydrogens (tertiary/aromatic N) is 1. The third-order valence-corrected chi connectivity index (χ3v) is 7.34. The number of rotatable bonds is 5. The second-order valence-electron chi connectivity index (χ2n) is 9.73. The van der Waals surface area contributed by atoms with E-state index >= 15 is 0 Å². The fourth-order valence-electron chi connectivity index (χ4n) is 5.24. The molecule has 7 heteroatoms. The highest BCUT2D eigenvalue weighted by molar-refractivity contribution is 5.93. The van der Waals surface area contributed by atoms with Gasteiger partial charge in [0.25, 0.3) is 0 Å².